The van der Waals surface area contributed by atoms with Gasteiger partial charge in [-0.25, -0.2) is 0 Å². The smallest absolute Gasteiger partial charge is 0.288 e. The fraction of sp³-hybridized carbons (Fsp3) is 0. The first-order valence-electron chi connectivity index (χ1n) is 5.61. The normalized spacial score (nSPS) is 9.48. The molecule has 0 aliphatic carbocycles. The number of hydrogen-bond acceptors (Lipinski definition) is 5. The minimum absolute atomic E-state index is 0.0340. The van der Waals surface area contributed by atoms with Gasteiger partial charge in [-0.15, -0.1) is 0 Å². The maximum atomic E-state index is 10.8. The summed E-state index contributed by atoms with van der Waals surface area (Å²) < 4.78 is 5.43. The lowest BCUT2D eigenvalue weighted by Crippen LogP contribution is -1.89. The Bertz CT molecular complexity index is 809. The third kappa shape index (κ3) is 3.08. The van der Waals surface area contributed by atoms with E-state index in [0.717, 1.165) is 0 Å². The summed E-state index contributed by atoms with van der Waals surface area (Å²) in [5.74, 6) is 0.678. The molecular weight excluding hydrogens is 294 g/mol. The number of furan rings is 1. The highest BCUT2D eigenvalue weighted by atomic mass is 35.5. The van der Waals surface area contributed by atoms with Gasteiger partial charge in [-0.2, -0.15) is 10.5 Å². The maximum Gasteiger partial charge on any atom is 0.288 e. The van der Waals surface area contributed by atoms with Crippen molar-refractivity contribution in [3.8, 4) is 23.5 Å². The SMILES string of the molecule is N#CC(C#N)=Cc1ccc(-c2ccc(Cl)c([N+](=O)[O-])c2)o1. The standard InChI is InChI=1S/C14H6ClN3O3/c15-12-3-1-10(6-13(12)18(19)20)14-4-2-11(21-14)5-9(7-16)8-17/h1-6H. The summed E-state index contributed by atoms with van der Waals surface area (Å²) in [6.07, 6.45) is 1.29. The van der Waals surface area contributed by atoms with Crippen LogP contribution in [0.4, 0.5) is 5.69 Å². The van der Waals surface area contributed by atoms with Gasteiger partial charge in [0.1, 0.15) is 34.3 Å². The van der Waals surface area contributed by atoms with E-state index in [1.165, 1.54) is 18.2 Å². The highest BCUT2D eigenvalue weighted by Gasteiger charge is 2.15. The summed E-state index contributed by atoms with van der Waals surface area (Å²) in [5, 5.41) is 28.2. The number of halogens is 1. The Kier molecular flexibility index (Phi) is 4.03. The van der Waals surface area contributed by atoms with Crippen molar-refractivity contribution >= 4 is 23.4 Å². The Labute approximate surface area is 124 Å². The van der Waals surface area contributed by atoms with E-state index in [1.54, 1.807) is 30.3 Å². The largest absolute Gasteiger partial charge is 0.457 e. The molecule has 0 atom stereocenters. The van der Waals surface area contributed by atoms with Crippen LogP contribution in [-0.2, 0) is 0 Å². The van der Waals surface area contributed by atoms with Crippen LogP contribution in [-0.4, -0.2) is 4.92 Å². The van der Waals surface area contributed by atoms with Gasteiger partial charge in [0.25, 0.3) is 5.69 Å². The zero-order valence-corrected chi connectivity index (χ0v) is 11.2. The lowest BCUT2D eigenvalue weighted by atomic mass is 10.1. The van der Waals surface area contributed by atoms with Crippen LogP contribution in [0.25, 0.3) is 17.4 Å². The molecule has 21 heavy (non-hydrogen) atoms. The highest BCUT2D eigenvalue weighted by molar-refractivity contribution is 6.32. The fourth-order valence-corrected chi connectivity index (χ4v) is 1.81. The van der Waals surface area contributed by atoms with E-state index in [-0.39, 0.29) is 16.3 Å². The summed E-state index contributed by atoms with van der Waals surface area (Å²) in [6, 6.07) is 10.9. The number of nitrogens with zero attached hydrogens (tertiary/aromatic N) is 3. The maximum absolute atomic E-state index is 10.8. The number of allylic oxidation sites excluding steroid dienone is 1. The van der Waals surface area contributed by atoms with Crippen LogP contribution >= 0.6 is 11.6 Å². The average Bonchev–Trinajstić information content (AvgIpc) is 2.93. The fourth-order valence-electron chi connectivity index (χ4n) is 1.62. The van der Waals surface area contributed by atoms with Gasteiger partial charge in [-0.1, -0.05) is 11.6 Å². The molecule has 0 aliphatic rings. The van der Waals surface area contributed by atoms with Crippen LogP contribution in [0.15, 0.2) is 40.3 Å². The van der Waals surface area contributed by atoms with E-state index in [0.29, 0.717) is 17.1 Å². The molecule has 0 N–H and O–H groups in total. The second kappa shape index (κ2) is 5.91. The molecule has 0 amide bonds. The Morgan fingerprint density at radius 1 is 1.29 bits per heavy atom. The Hall–Kier alpha value is -3.09. The predicted molar refractivity (Wildman–Crippen MR) is 75.0 cm³/mol. The molecular formula is C14H6ClN3O3. The molecule has 0 fully saturated rings. The Morgan fingerprint density at radius 3 is 2.62 bits per heavy atom. The molecule has 102 valence electrons. The van der Waals surface area contributed by atoms with Crippen molar-refractivity contribution in [2.45, 2.75) is 0 Å². The molecule has 1 aromatic heterocycles. The van der Waals surface area contributed by atoms with E-state index in [2.05, 4.69) is 0 Å². The summed E-state index contributed by atoms with van der Waals surface area (Å²) in [5.41, 5.74) is 0.150. The van der Waals surface area contributed by atoms with E-state index >= 15 is 0 Å². The van der Waals surface area contributed by atoms with Gasteiger partial charge in [0.05, 0.1) is 4.92 Å². The molecule has 7 heteroatoms. The second-order valence-corrected chi connectivity index (χ2v) is 4.31. The van der Waals surface area contributed by atoms with Crippen LogP contribution in [0.5, 0.6) is 0 Å². The molecule has 0 spiro atoms. The minimum atomic E-state index is -0.584. The second-order valence-electron chi connectivity index (χ2n) is 3.91. The molecule has 2 aromatic rings. The number of nitriles is 2. The zero-order chi connectivity index (χ0) is 15.4. The molecule has 2 rings (SSSR count). The minimum Gasteiger partial charge on any atom is -0.457 e. The first-order valence-corrected chi connectivity index (χ1v) is 5.99. The number of rotatable bonds is 3. The van der Waals surface area contributed by atoms with Crippen molar-refractivity contribution in [2.75, 3.05) is 0 Å². The Morgan fingerprint density at radius 2 is 2.00 bits per heavy atom. The summed E-state index contributed by atoms with van der Waals surface area (Å²) in [6.45, 7) is 0. The van der Waals surface area contributed by atoms with Crippen molar-refractivity contribution in [3.63, 3.8) is 0 Å². The van der Waals surface area contributed by atoms with Gasteiger partial charge in [-0.3, -0.25) is 10.1 Å². The number of benzene rings is 1. The molecule has 0 saturated heterocycles. The highest BCUT2D eigenvalue weighted by Crippen LogP contribution is 2.31. The molecule has 1 heterocycles. The van der Waals surface area contributed by atoms with Gasteiger partial charge in [0, 0.05) is 17.7 Å². The van der Waals surface area contributed by atoms with E-state index in [9.17, 15) is 10.1 Å². The van der Waals surface area contributed by atoms with E-state index in [4.69, 9.17) is 26.5 Å². The number of hydrogen-bond donors (Lipinski definition) is 0. The van der Waals surface area contributed by atoms with Crippen molar-refractivity contribution in [1.29, 1.82) is 10.5 Å². The number of nitro groups is 1. The van der Waals surface area contributed by atoms with Crippen LogP contribution in [0, 0.1) is 32.8 Å². The molecule has 0 radical (unpaired) electrons. The molecule has 6 nitrogen and oxygen atoms in total. The van der Waals surface area contributed by atoms with E-state index in [1.807, 2.05) is 0 Å². The van der Waals surface area contributed by atoms with Crippen LogP contribution in [0.1, 0.15) is 5.76 Å². The molecule has 0 bridgehead atoms. The van der Waals surface area contributed by atoms with Crippen LogP contribution in [0.2, 0.25) is 5.02 Å². The van der Waals surface area contributed by atoms with Crippen molar-refractivity contribution in [1.82, 2.24) is 0 Å². The van der Waals surface area contributed by atoms with Crippen molar-refractivity contribution in [3.05, 3.63) is 56.8 Å². The summed E-state index contributed by atoms with van der Waals surface area (Å²) in [7, 11) is 0. The van der Waals surface area contributed by atoms with Gasteiger partial charge >= 0.3 is 0 Å². The summed E-state index contributed by atoms with van der Waals surface area (Å²) in [4.78, 5) is 10.3. The molecule has 0 unspecified atom stereocenters. The monoisotopic (exact) mass is 299 g/mol. The van der Waals surface area contributed by atoms with Crippen molar-refractivity contribution in [2.24, 2.45) is 0 Å². The average molecular weight is 300 g/mol. The summed E-state index contributed by atoms with van der Waals surface area (Å²) >= 11 is 5.74. The zero-order valence-electron chi connectivity index (χ0n) is 10.4. The Balaban J connectivity index is 2.42. The van der Waals surface area contributed by atoms with Gasteiger partial charge in [0.15, 0.2) is 0 Å². The first-order chi connectivity index (χ1) is 10.0. The van der Waals surface area contributed by atoms with Gasteiger partial charge in [-0.05, 0) is 24.3 Å². The molecule has 1 aromatic carbocycles. The predicted octanol–water partition coefficient (Wildman–Crippen LogP) is 3.94. The van der Waals surface area contributed by atoms with Gasteiger partial charge < -0.3 is 4.42 Å². The van der Waals surface area contributed by atoms with E-state index < -0.39 is 4.92 Å². The van der Waals surface area contributed by atoms with Crippen molar-refractivity contribution < 1.29 is 9.34 Å². The topological polar surface area (TPSA) is 104 Å². The molecule has 0 aliphatic heterocycles. The van der Waals surface area contributed by atoms with Crippen LogP contribution < -0.4 is 0 Å². The lowest BCUT2D eigenvalue weighted by Gasteiger charge is -1.99. The van der Waals surface area contributed by atoms with Gasteiger partial charge in [0.2, 0.25) is 0 Å². The quantitative estimate of drug-likeness (QED) is 0.485. The third-order valence-electron chi connectivity index (χ3n) is 2.58. The van der Waals surface area contributed by atoms with Crippen LogP contribution in [0.3, 0.4) is 0 Å². The molecule has 0 saturated carbocycles. The third-order valence-corrected chi connectivity index (χ3v) is 2.90. The first kappa shape index (κ1) is 14.3. The number of nitro benzene ring substituents is 1. The lowest BCUT2D eigenvalue weighted by molar-refractivity contribution is -0.384.